The summed E-state index contributed by atoms with van der Waals surface area (Å²) in [5, 5.41) is 3.84. The van der Waals surface area contributed by atoms with E-state index in [1.165, 1.54) is 49.7 Å². The summed E-state index contributed by atoms with van der Waals surface area (Å²) in [6, 6.07) is 10.0. The fourth-order valence-corrected chi connectivity index (χ4v) is 3.55. The second-order valence-electron chi connectivity index (χ2n) is 5.71. The van der Waals surface area contributed by atoms with Gasteiger partial charge in [0.2, 0.25) is 0 Å². The normalized spacial score (nSPS) is 28.3. The van der Waals surface area contributed by atoms with Crippen molar-refractivity contribution in [1.29, 1.82) is 0 Å². The Bertz CT molecular complexity index is 379. The van der Waals surface area contributed by atoms with E-state index < -0.39 is 0 Å². The van der Waals surface area contributed by atoms with Crippen LogP contribution in [0.5, 0.6) is 0 Å². The molecule has 18 heavy (non-hydrogen) atoms. The fraction of sp³-hybridized carbons (Fsp3) is 0.625. The highest BCUT2D eigenvalue weighted by atomic mass is 16.5. The lowest BCUT2D eigenvalue weighted by Gasteiger charge is -2.33. The highest BCUT2D eigenvalue weighted by Gasteiger charge is 2.29. The Morgan fingerprint density at radius 3 is 2.39 bits per heavy atom. The number of methoxy groups -OCH3 is 1. The van der Waals surface area contributed by atoms with Crippen molar-refractivity contribution in [2.24, 2.45) is 0 Å². The van der Waals surface area contributed by atoms with E-state index in [1.54, 1.807) is 0 Å². The van der Waals surface area contributed by atoms with Gasteiger partial charge in [0.15, 0.2) is 0 Å². The van der Waals surface area contributed by atoms with E-state index in [1.807, 2.05) is 7.11 Å². The first-order valence-electron chi connectivity index (χ1n) is 7.22. The molecule has 3 rings (SSSR count). The van der Waals surface area contributed by atoms with Crippen LogP contribution in [0.1, 0.15) is 36.8 Å². The average molecular weight is 245 g/mol. The molecule has 0 amide bonds. The van der Waals surface area contributed by atoms with Gasteiger partial charge in [-0.3, -0.25) is 0 Å². The van der Waals surface area contributed by atoms with E-state index in [0.29, 0.717) is 18.2 Å². The van der Waals surface area contributed by atoms with Crippen molar-refractivity contribution in [3.63, 3.8) is 0 Å². The van der Waals surface area contributed by atoms with Crippen LogP contribution in [0, 0.1) is 0 Å². The van der Waals surface area contributed by atoms with Crippen LogP contribution in [0.4, 0.5) is 0 Å². The summed E-state index contributed by atoms with van der Waals surface area (Å²) in [5.41, 5.74) is 3.06. The third-order valence-corrected chi connectivity index (χ3v) is 4.51. The molecule has 2 unspecified atom stereocenters. The lowest BCUT2D eigenvalue weighted by atomic mass is 9.91. The van der Waals surface area contributed by atoms with Gasteiger partial charge in [0.25, 0.3) is 0 Å². The molecule has 2 nitrogen and oxygen atoms in total. The Balaban J connectivity index is 1.61. The van der Waals surface area contributed by atoms with Crippen LogP contribution in [0.3, 0.4) is 0 Å². The zero-order valence-electron chi connectivity index (χ0n) is 11.2. The molecule has 1 aromatic carbocycles. The third-order valence-electron chi connectivity index (χ3n) is 4.51. The quantitative estimate of drug-likeness (QED) is 0.884. The zero-order chi connectivity index (χ0) is 12.4. The van der Waals surface area contributed by atoms with Gasteiger partial charge in [-0.15, -0.1) is 0 Å². The van der Waals surface area contributed by atoms with Gasteiger partial charge >= 0.3 is 0 Å². The summed E-state index contributed by atoms with van der Waals surface area (Å²) in [6.07, 6.45) is 7.94. The van der Waals surface area contributed by atoms with Gasteiger partial charge in [0.1, 0.15) is 0 Å². The minimum atomic E-state index is 0.419. The summed E-state index contributed by atoms with van der Waals surface area (Å²) in [6.45, 7) is 0. The van der Waals surface area contributed by atoms with E-state index in [9.17, 15) is 0 Å². The Morgan fingerprint density at radius 1 is 1.06 bits per heavy atom. The van der Waals surface area contributed by atoms with E-state index >= 15 is 0 Å². The summed E-state index contributed by atoms with van der Waals surface area (Å²) in [5.74, 6) is 0. The molecule has 0 aromatic heterocycles. The molecule has 1 saturated carbocycles. The lowest BCUT2D eigenvalue weighted by molar-refractivity contribution is 0.0381. The Morgan fingerprint density at radius 2 is 1.72 bits per heavy atom. The zero-order valence-corrected chi connectivity index (χ0v) is 11.2. The van der Waals surface area contributed by atoms with Crippen molar-refractivity contribution >= 4 is 0 Å². The second-order valence-corrected chi connectivity index (χ2v) is 5.71. The molecule has 2 aliphatic rings. The number of ether oxygens (including phenoxy) is 1. The first-order chi connectivity index (χ1) is 8.86. The predicted molar refractivity (Wildman–Crippen MR) is 73.8 cm³/mol. The first-order valence-corrected chi connectivity index (χ1v) is 7.22. The van der Waals surface area contributed by atoms with Crippen LogP contribution in [0.15, 0.2) is 24.3 Å². The molecule has 0 saturated heterocycles. The van der Waals surface area contributed by atoms with Gasteiger partial charge in [-0.1, -0.05) is 37.1 Å². The molecule has 1 fully saturated rings. The molecular formula is C16H23NO. The van der Waals surface area contributed by atoms with Crippen molar-refractivity contribution in [2.45, 2.75) is 56.7 Å². The van der Waals surface area contributed by atoms with Crippen molar-refractivity contribution in [1.82, 2.24) is 5.32 Å². The predicted octanol–water partition coefficient (Wildman–Crippen LogP) is 2.70. The number of nitrogens with one attached hydrogen (secondary N) is 1. The highest BCUT2D eigenvalue weighted by molar-refractivity contribution is 5.33. The largest absolute Gasteiger partial charge is 0.380 e. The Labute approximate surface area is 110 Å². The summed E-state index contributed by atoms with van der Waals surface area (Å²) in [7, 11) is 1.86. The van der Waals surface area contributed by atoms with Gasteiger partial charge in [-0.2, -0.15) is 0 Å². The minimum absolute atomic E-state index is 0.419. The van der Waals surface area contributed by atoms with Crippen LogP contribution in [-0.4, -0.2) is 25.3 Å². The molecule has 1 N–H and O–H groups in total. The smallest absolute Gasteiger partial charge is 0.0724 e. The van der Waals surface area contributed by atoms with Crippen molar-refractivity contribution in [3.05, 3.63) is 35.4 Å². The molecule has 0 spiro atoms. The van der Waals surface area contributed by atoms with E-state index in [2.05, 4.69) is 29.6 Å². The molecule has 2 atom stereocenters. The maximum atomic E-state index is 5.63. The Hall–Kier alpha value is -0.860. The molecule has 0 aliphatic heterocycles. The van der Waals surface area contributed by atoms with Gasteiger partial charge in [0, 0.05) is 19.2 Å². The standard InChI is InChI=1S/C16H23NO/c1-18-16-9-5-4-8-15(16)17-14-10-12-6-2-3-7-13(12)11-14/h2-3,6-7,14-17H,4-5,8-11H2,1H3. The van der Waals surface area contributed by atoms with Crippen LogP contribution in [-0.2, 0) is 17.6 Å². The molecule has 0 radical (unpaired) electrons. The molecule has 0 heterocycles. The van der Waals surface area contributed by atoms with E-state index in [0.717, 1.165) is 0 Å². The second kappa shape index (κ2) is 5.41. The topological polar surface area (TPSA) is 21.3 Å². The van der Waals surface area contributed by atoms with Gasteiger partial charge in [-0.25, -0.2) is 0 Å². The average Bonchev–Trinajstić information content (AvgIpc) is 2.81. The molecule has 2 aliphatic carbocycles. The van der Waals surface area contributed by atoms with Crippen molar-refractivity contribution < 1.29 is 4.74 Å². The van der Waals surface area contributed by atoms with Gasteiger partial charge in [0.05, 0.1) is 6.10 Å². The molecule has 98 valence electrons. The number of hydrogen-bond acceptors (Lipinski definition) is 2. The maximum Gasteiger partial charge on any atom is 0.0724 e. The number of fused-ring (bicyclic) bond motifs is 1. The molecular weight excluding hydrogens is 222 g/mol. The first kappa shape index (κ1) is 12.2. The summed E-state index contributed by atoms with van der Waals surface area (Å²) < 4.78 is 5.63. The fourth-order valence-electron chi connectivity index (χ4n) is 3.55. The highest BCUT2D eigenvalue weighted by Crippen LogP contribution is 2.25. The van der Waals surface area contributed by atoms with Crippen molar-refractivity contribution in [2.75, 3.05) is 7.11 Å². The SMILES string of the molecule is COC1CCCCC1NC1Cc2ccccc2C1. The van der Waals surface area contributed by atoms with Gasteiger partial charge in [-0.05, 0) is 36.8 Å². The number of benzene rings is 1. The lowest BCUT2D eigenvalue weighted by Crippen LogP contribution is -2.48. The number of rotatable bonds is 3. The van der Waals surface area contributed by atoms with Crippen LogP contribution in [0.25, 0.3) is 0 Å². The summed E-state index contributed by atoms with van der Waals surface area (Å²) >= 11 is 0. The molecule has 1 aromatic rings. The van der Waals surface area contributed by atoms with Crippen LogP contribution < -0.4 is 5.32 Å². The molecule has 2 heteroatoms. The van der Waals surface area contributed by atoms with E-state index in [-0.39, 0.29) is 0 Å². The third kappa shape index (κ3) is 2.45. The Kier molecular flexibility index (Phi) is 3.67. The van der Waals surface area contributed by atoms with E-state index in [4.69, 9.17) is 4.74 Å². The maximum absolute atomic E-state index is 5.63. The van der Waals surface area contributed by atoms with Crippen LogP contribution >= 0.6 is 0 Å². The minimum Gasteiger partial charge on any atom is -0.380 e. The van der Waals surface area contributed by atoms with Crippen LogP contribution in [0.2, 0.25) is 0 Å². The monoisotopic (exact) mass is 245 g/mol. The molecule has 0 bridgehead atoms. The van der Waals surface area contributed by atoms with Crippen molar-refractivity contribution in [3.8, 4) is 0 Å². The summed E-state index contributed by atoms with van der Waals surface area (Å²) in [4.78, 5) is 0. The van der Waals surface area contributed by atoms with Gasteiger partial charge < -0.3 is 10.1 Å². The number of hydrogen-bond donors (Lipinski definition) is 1.